The first-order valence-electron chi connectivity index (χ1n) is 11.4. The number of thiazole rings is 1. The van der Waals surface area contributed by atoms with Crippen molar-refractivity contribution in [3.63, 3.8) is 0 Å². The van der Waals surface area contributed by atoms with E-state index in [4.69, 9.17) is 26.1 Å². The predicted molar refractivity (Wildman–Crippen MR) is 145 cm³/mol. The van der Waals surface area contributed by atoms with Gasteiger partial charge in [-0.2, -0.15) is 0 Å². The van der Waals surface area contributed by atoms with E-state index in [9.17, 15) is 14.7 Å². The summed E-state index contributed by atoms with van der Waals surface area (Å²) in [5.74, 6) is -1.01. The average Bonchev–Trinajstić information content (AvgIpc) is 3.42. The number of aliphatic hydroxyl groups excluding tert-OH is 1. The van der Waals surface area contributed by atoms with E-state index in [2.05, 4.69) is 0 Å². The van der Waals surface area contributed by atoms with Crippen LogP contribution in [0.3, 0.4) is 0 Å². The summed E-state index contributed by atoms with van der Waals surface area (Å²) in [7, 11) is 3.02. The van der Waals surface area contributed by atoms with Gasteiger partial charge in [-0.15, -0.1) is 0 Å². The summed E-state index contributed by atoms with van der Waals surface area (Å²) in [5.41, 5.74) is 3.53. The van der Waals surface area contributed by atoms with Crippen LogP contribution in [0.15, 0.2) is 60.2 Å². The third-order valence-electron chi connectivity index (χ3n) is 6.32. The van der Waals surface area contributed by atoms with Gasteiger partial charge >= 0.3 is 5.91 Å². The number of halogens is 1. The number of methoxy groups -OCH3 is 2. The normalized spacial score (nSPS) is 17.0. The van der Waals surface area contributed by atoms with Crippen LogP contribution in [0.2, 0.25) is 5.02 Å². The van der Waals surface area contributed by atoms with Gasteiger partial charge in [-0.25, -0.2) is 4.98 Å². The van der Waals surface area contributed by atoms with Crippen molar-refractivity contribution in [2.24, 2.45) is 0 Å². The minimum atomic E-state index is -1.01. The molecule has 4 aromatic rings. The van der Waals surface area contributed by atoms with Gasteiger partial charge in [0.05, 0.1) is 30.0 Å². The Kier molecular flexibility index (Phi) is 6.39. The highest BCUT2D eigenvalue weighted by Gasteiger charge is 2.49. The van der Waals surface area contributed by atoms with Crippen LogP contribution in [0.25, 0.3) is 16.0 Å². The van der Waals surface area contributed by atoms with Crippen LogP contribution in [0.1, 0.15) is 28.3 Å². The smallest absolute Gasteiger partial charge is 0.301 e. The van der Waals surface area contributed by atoms with Crippen LogP contribution in [0, 0.1) is 13.8 Å². The van der Waals surface area contributed by atoms with Gasteiger partial charge in [0, 0.05) is 16.1 Å². The first-order chi connectivity index (χ1) is 17.7. The van der Waals surface area contributed by atoms with Crippen LogP contribution in [0.5, 0.6) is 11.5 Å². The molecule has 0 aliphatic carbocycles. The van der Waals surface area contributed by atoms with Crippen LogP contribution < -0.4 is 14.4 Å². The minimum absolute atomic E-state index is 0.0777. The number of amides is 1. The van der Waals surface area contributed by atoms with E-state index in [1.54, 1.807) is 42.5 Å². The zero-order chi connectivity index (χ0) is 26.4. The molecular weight excluding hydrogens is 512 g/mol. The van der Waals surface area contributed by atoms with Crippen LogP contribution in [-0.2, 0) is 9.59 Å². The molecule has 1 atom stereocenters. The number of aromatic nitrogens is 1. The van der Waals surface area contributed by atoms with Gasteiger partial charge in [0.1, 0.15) is 23.3 Å². The lowest BCUT2D eigenvalue weighted by Gasteiger charge is -2.25. The average molecular weight is 535 g/mol. The standard InChI is InChI=1S/C28H23ClN2O5S/c1-14-11-15(2)23-21(12-14)37-28(30-23)31-24(19-13-18(35-3)9-10-20(19)36-4)22(26(33)27(31)34)25(32)16-5-7-17(29)8-6-16/h5-13,24,32H,1-4H3/t24-/m1/s1. The van der Waals surface area contributed by atoms with Gasteiger partial charge in [-0.05, 0) is 73.5 Å². The minimum Gasteiger partial charge on any atom is -0.507 e. The maximum atomic E-state index is 13.6. The summed E-state index contributed by atoms with van der Waals surface area (Å²) in [6.45, 7) is 3.95. The van der Waals surface area contributed by atoms with Crippen molar-refractivity contribution < 1.29 is 24.2 Å². The number of aliphatic hydroxyl groups is 1. The number of carbonyl (C=O) groups excluding carboxylic acids is 2. The lowest BCUT2D eigenvalue weighted by atomic mass is 9.94. The number of benzene rings is 3. The molecule has 1 fully saturated rings. The molecule has 0 bridgehead atoms. The molecule has 0 radical (unpaired) electrons. The zero-order valence-corrected chi connectivity index (χ0v) is 22.1. The second kappa shape index (κ2) is 9.53. The first kappa shape index (κ1) is 24.8. The number of nitrogens with zero attached hydrogens (tertiary/aromatic N) is 2. The van der Waals surface area contributed by atoms with Crippen LogP contribution in [0.4, 0.5) is 5.13 Å². The van der Waals surface area contributed by atoms with E-state index >= 15 is 0 Å². The Hall–Kier alpha value is -3.88. The molecule has 1 amide bonds. The molecule has 1 aliphatic heterocycles. The lowest BCUT2D eigenvalue weighted by Crippen LogP contribution is -2.29. The molecule has 188 valence electrons. The van der Waals surface area contributed by atoms with E-state index < -0.39 is 17.7 Å². The van der Waals surface area contributed by atoms with Crippen LogP contribution in [-0.4, -0.2) is 36.0 Å². The monoisotopic (exact) mass is 534 g/mol. The van der Waals surface area contributed by atoms with Crippen molar-refractivity contribution in [3.8, 4) is 11.5 Å². The highest BCUT2D eigenvalue weighted by molar-refractivity contribution is 7.22. The van der Waals surface area contributed by atoms with E-state index in [-0.39, 0.29) is 11.3 Å². The molecule has 1 saturated heterocycles. The number of Topliss-reactive ketones (excluding diaryl/α,β-unsaturated/α-hetero) is 1. The molecule has 7 nitrogen and oxygen atoms in total. The Balaban J connectivity index is 1.80. The molecule has 2 heterocycles. The molecule has 0 saturated carbocycles. The summed E-state index contributed by atoms with van der Waals surface area (Å²) in [4.78, 5) is 33.2. The Morgan fingerprint density at radius 1 is 1.03 bits per heavy atom. The maximum absolute atomic E-state index is 13.6. The van der Waals surface area contributed by atoms with Crippen molar-refractivity contribution in [3.05, 3.63) is 87.4 Å². The van der Waals surface area contributed by atoms with Crippen molar-refractivity contribution in [1.29, 1.82) is 0 Å². The summed E-state index contributed by atoms with van der Waals surface area (Å²) in [6, 6.07) is 14.5. The molecule has 1 N–H and O–H groups in total. The van der Waals surface area contributed by atoms with Crippen LogP contribution >= 0.6 is 22.9 Å². The zero-order valence-electron chi connectivity index (χ0n) is 20.5. The van der Waals surface area contributed by atoms with Crippen molar-refractivity contribution in [1.82, 2.24) is 4.98 Å². The topological polar surface area (TPSA) is 89.0 Å². The van der Waals surface area contributed by atoms with Crippen molar-refractivity contribution >= 4 is 55.7 Å². The number of aryl methyl sites for hydroxylation is 2. The molecule has 5 rings (SSSR count). The fraction of sp³-hybridized carbons (Fsp3) is 0.179. The highest BCUT2D eigenvalue weighted by Crippen LogP contribution is 2.47. The largest absolute Gasteiger partial charge is 0.507 e. The third-order valence-corrected chi connectivity index (χ3v) is 7.57. The number of ketones is 1. The Morgan fingerprint density at radius 2 is 1.76 bits per heavy atom. The van der Waals surface area contributed by atoms with Gasteiger partial charge in [-0.3, -0.25) is 14.5 Å². The van der Waals surface area contributed by atoms with Gasteiger partial charge in [0.2, 0.25) is 0 Å². The second-order valence-corrected chi connectivity index (χ2v) is 10.2. The number of hydrogen-bond acceptors (Lipinski definition) is 7. The number of anilines is 1. The molecule has 37 heavy (non-hydrogen) atoms. The summed E-state index contributed by atoms with van der Waals surface area (Å²) in [6.07, 6.45) is 0. The Bertz CT molecular complexity index is 1590. The van der Waals surface area contributed by atoms with E-state index in [1.165, 1.54) is 30.5 Å². The third kappa shape index (κ3) is 4.22. The second-order valence-electron chi connectivity index (χ2n) is 8.71. The SMILES string of the molecule is COc1ccc(OC)c([C@@H]2C(=C(O)c3ccc(Cl)cc3)C(=O)C(=O)N2c2nc3c(C)cc(C)cc3s2)c1. The number of carbonyl (C=O) groups is 2. The molecular formula is C28H23ClN2O5S. The highest BCUT2D eigenvalue weighted by atomic mass is 35.5. The Morgan fingerprint density at radius 3 is 2.43 bits per heavy atom. The molecule has 3 aromatic carbocycles. The summed E-state index contributed by atoms with van der Waals surface area (Å²) >= 11 is 7.34. The molecule has 0 spiro atoms. The number of hydrogen-bond donors (Lipinski definition) is 1. The quantitative estimate of drug-likeness (QED) is 0.186. The van der Waals surface area contributed by atoms with Crippen molar-refractivity contribution in [2.45, 2.75) is 19.9 Å². The summed E-state index contributed by atoms with van der Waals surface area (Å²) in [5, 5.41) is 12.2. The summed E-state index contributed by atoms with van der Waals surface area (Å²) < 4.78 is 11.9. The molecule has 9 heteroatoms. The lowest BCUT2D eigenvalue weighted by molar-refractivity contribution is -0.132. The van der Waals surface area contributed by atoms with Gasteiger partial charge in [-0.1, -0.05) is 29.0 Å². The van der Waals surface area contributed by atoms with Gasteiger partial charge in [0.25, 0.3) is 5.78 Å². The molecule has 0 unspecified atom stereocenters. The van der Waals surface area contributed by atoms with E-state index in [0.29, 0.717) is 32.8 Å². The maximum Gasteiger partial charge on any atom is 0.301 e. The number of fused-ring (bicyclic) bond motifs is 1. The Labute approximate surface area is 222 Å². The predicted octanol–water partition coefficient (Wildman–Crippen LogP) is 6.21. The first-order valence-corrected chi connectivity index (χ1v) is 12.6. The molecule has 1 aromatic heterocycles. The fourth-order valence-corrected chi connectivity index (χ4v) is 5.90. The van der Waals surface area contributed by atoms with Crippen molar-refractivity contribution in [2.75, 3.05) is 19.1 Å². The van der Waals surface area contributed by atoms with E-state index in [1.807, 2.05) is 26.0 Å². The van der Waals surface area contributed by atoms with Gasteiger partial charge in [0.15, 0.2) is 5.13 Å². The molecule has 1 aliphatic rings. The van der Waals surface area contributed by atoms with Gasteiger partial charge < -0.3 is 14.6 Å². The fourth-order valence-electron chi connectivity index (χ4n) is 4.60. The number of rotatable bonds is 5. The van der Waals surface area contributed by atoms with E-state index in [0.717, 1.165) is 21.3 Å². The number of ether oxygens (including phenoxy) is 2.